The van der Waals surface area contributed by atoms with Crippen LogP contribution in [0.25, 0.3) is 10.9 Å². The molecule has 2 aromatic carbocycles. The molecule has 0 saturated carbocycles. The molecule has 0 saturated heterocycles. The van der Waals surface area contributed by atoms with Crippen LogP contribution in [0.1, 0.15) is 17.2 Å². The van der Waals surface area contributed by atoms with Crippen LogP contribution in [0, 0.1) is 3.57 Å². The topological polar surface area (TPSA) is 38.9 Å². The molecule has 3 rings (SSSR count). The summed E-state index contributed by atoms with van der Waals surface area (Å²) in [6.07, 6.45) is 1.81. The lowest BCUT2D eigenvalue weighted by molar-refractivity contribution is 0.879. The van der Waals surface area contributed by atoms with E-state index in [4.69, 9.17) is 5.73 Å². The molecule has 1 heterocycles. The Hall–Kier alpha value is -1.46. The highest BCUT2D eigenvalue weighted by atomic mass is 127. The molecule has 94 valence electrons. The summed E-state index contributed by atoms with van der Waals surface area (Å²) >= 11 is 2.31. The van der Waals surface area contributed by atoms with E-state index in [0.29, 0.717) is 0 Å². The second-order valence-electron chi connectivity index (χ2n) is 4.45. The first-order valence-corrected chi connectivity index (χ1v) is 7.18. The largest absolute Gasteiger partial charge is 0.320 e. The van der Waals surface area contributed by atoms with Gasteiger partial charge in [-0.05, 0) is 58.0 Å². The first kappa shape index (κ1) is 12.6. The molecule has 2 N–H and O–H groups in total. The minimum absolute atomic E-state index is 0.123. The molecule has 0 radical (unpaired) electrons. The van der Waals surface area contributed by atoms with Gasteiger partial charge < -0.3 is 5.73 Å². The van der Waals surface area contributed by atoms with E-state index in [1.165, 1.54) is 3.57 Å². The first-order chi connectivity index (χ1) is 9.25. The van der Waals surface area contributed by atoms with E-state index in [2.05, 4.69) is 57.9 Å². The summed E-state index contributed by atoms with van der Waals surface area (Å²) in [5.41, 5.74) is 9.65. The number of hydrogen-bond acceptors (Lipinski definition) is 2. The van der Waals surface area contributed by atoms with Crippen LogP contribution < -0.4 is 5.73 Å². The molecular formula is C16H13IN2. The zero-order valence-corrected chi connectivity index (χ0v) is 12.4. The van der Waals surface area contributed by atoms with Crippen LogP contribution in [0.15, 0.2) is 60.8 Å². The SMILES string of the molecule is NC(c1cccc(I)c1)c1cccc2ncccc12. The zero-order valence-electron chi connectivity index (χ0n) is 10.3. The quantitative estimate of drug-likeness (QED) is 0.705. The van der Waals surface area contributed by atoms with Gasteiger partial charge in [-0.1, -0.05) is 30.3 Å². The number of aromatic nitrogens is 1. The molecule has 1 atom stereocenters. The lowest BCUT2D eigenvalue weighted by Crippen LogP contribution is -2.12. The second kappa shape index (κ2) is 5.27. The average Bonchev–Trinajstić information content (AvgIpc) is 2.46. The van der Waals surface area contributed by atoms with Crippen LogP contribution >= 0.6 is 22.6 Å². The van der Waals surface area contributed by atoms with Gasteiger partial charge in [-0.3, -0.25) is 4.98 Å². The third-order valence-corrected chi connectivity index (χ3v) is 3.89. The van der Waals surface area contributed by atoms with Crippen LogP contribution in [0.5, 0.6) is 0 Å². The Labute approximate surface area is 125 Å². The zero-order chi connectivity index (χ0) is 13.2. The number of hydrogen-bond donors (Lipinski definition) is 1. The Morgan fingerprint density at radius 3 is 2.68 bits per heavy atom. The van der Waals surface area contributed by atoms with E-state index in [0.717, 1.165) is 22.0 Å². The van der Waals surface area contributed by atoms with Gasteiger partial charge in [0, 0.05) is 15.2 Å². The van der Waals surface area contributed by atoms with E-state index < -0.39 is 0 Å². The number of nitrogens with two attached hydrogens (primary N) is 1. The third-order valence-electron chi connectivity index (χ3n) is 3.22. The minimum Gasteiger partial charge on any atom is -0.320 e. The molecule has 0 spiro atoms. The van der Waals surface area contributed by atoms with Crippen LogP contribution in [0.3, 0.4) is 0 Å². The third kappa shape index (κ3) is 2.48. The van der Waals surface area contributed by atoms with Gasteiger partial charge in [-0.15, -0.1) is 0 Å². The Kier molecular flexibility index (Phi) is 3.48. The Balaban J connectivity index is 2.14. The lowest BCUT2D eigenvalue weighted by Gasteiger charge is -2.15. The van der Waals surface area contributed by atoms with Gasteiger partial charge in [-0.25, -0.2) is 0 Å². The number of halogens is 1. The Morgan fingerprint density at radius 2 is 1.84 bits per heavy atom. The highest BCUT2D eigenvalue weighted by Gasteiger charge is 2.12. The first-order valence-electron chi connectivity index (χ1n) is 6.10. The highest BCUT2D eigenvalue weighted by molar-refractivity contribution is 14.1. The molecule has 2 nitrogen and oxygen atoms in total. The van der Waals surface area contributed by atoms with Gasteiger partial charge >= 0.3 is 0 Å². The van der Waals surface area contributed by atoms with Crippen LogP contribution in [0.4, 0.5) is 0 Å². The highest BCUT2D eigenvalue weighted by Crippen LogP contribution is 2.26. The van der Waals surface area contributed by atoms with Crippen molar-refractivity contribution in [3.63, 3.8) is 0 Å². The van der Waals surface area contributed by atoms with Crippen LogP contribution in [0.2, 0.25) is 0 Å². The van der Waals surface area contributed by atoms with E-state index in [1.807, 2.05) is 30.5 Å². The van der Waals surface area contributed by atoms with Crippen molar-refractivity contribution in [2.24, 2.45) is 5.73 Å². The molecule has 0 aliphatic rings. The fourth-order valence-corrected chi connectivity index (χ4v) is 2.85. The number of rotatable bonds is 2. The molecule has 0 amide bonds. The summed E-state index contributed by atoms with van der Waals surface area (Å²) in [6, 6.07) is 18.3. The van der Waals surface area contributed by atoms with Crippen LogP contribution in [-0.4, -0.2) is 4.98 Å². The van der Waals surface area contributed by atoms with Gasteiger partial charge in [0.2, 0.25) is 0 Å². The molecule has 3 aromatic rings. The normalized spacial score (nSPS) is 12.5. The lowest BCUT2D eigenvalue weighted by atomic mass is 9.96. The number of nitrogens with zero attached hydrogens (tertiary/aromatic N) is 1. The minimum atomic E-state index is -0.123. The number of pyridine rings is 1. The van der Waals surface area contributed by atoms with Crippen molar-refractivity contribution >= 4 is 33.5 Å². The van der Waals surface area contributed by atoms with Gasteiger partial charge in [-0.2, -0.15) is 0 Å². The fraction of sp³-hybridized carbons (Fsp3) is 0.0625. The monoisotopic (exact) mass is 360 g/mol. The smallest absolute Gasteiger partial charge is 0.0705 e. The van der Waals surface area contributed by atoms with Crippen molar-refractivity contribution in [1.82, 2.24) is 4.98 Å². The van der Waals surface area contributed by atoms with Gasteiger partial charge in [0.05, 0.1) is 11.6 Å². The van der Waals surface area contributed by atoms with Crippen molar-refractivity contribution in [1.29, 1.82) is 0 Å². The molecule has 19 heavy (non-hydrogen) atoms. The van der Waals surface area contributed by atoms with Crippen molar-refractivity contribution in [3.8, 4) is 0 Å². The molecule has 0 aliphatic carbocycles. The second-order valence-corrected chi connectivity index (χ2v) is 5.70. The molecule has 1 aromatic heterocycles. The van der Waals surface area contributed by atoms with Gasteiger partial charge in [0.25, 0.3) is 0 Å². The average molecular weight is 360 g/mol. The van der Waals surface area contributed by atoms with E-state index >= 15 is 0 Å². The summed E-state index contributed by atoms with van der Waals surface area (Å²) in [5, 5.41) is 1.12. The maximum Gasteiger partial charge on any atom is 0.0705 e. The molecule has 0 bridgehead atoms. The van der Waals surface area contributed by atoms with Crippen molar-refractivity contribution < 1.29 is 0 Å². The van der Waals surface area contributed by atoms with Crippen molar-refractivity contribution in [2.45, 2.75) is 6.04 Å². The van der Waals surface area contributed by atoms with Gasteiger partial charge in [0.15, 0.2) is 0 Å². The fourth-order valence-electron chi connectivity index (χ4n) is 2.28. The van der Waals surface area contributed by atoms with Gasteiger partial charge in [0.1, 0.15) is 0 Å². The molecule has 0 fully saturated rings. The summed E-state index contributed by atoms with van der Waals surface area (Å²) in [7, 11) is 0. The predicted octanol–water partition coefficient (Wildman–Crippen LogP) is 3.89. The summed E-state index contributed by atoms with van der Waals surface area (Å²) in [6.45, 7) is 0. The van der Waals surface area contributed by atoms with E-state index in [1.54, 1.807) is 0 Å². The van der Waals surface area contributed by atoms with Crippen molar-refractivity contribution in [3.05, 3.63) is 75.5 Å². The predicted molar refractivity (Wildman–Crippen MR) is 86.9 cm³/mol. The number of fused-ring (bicyclic) bond motifs is 1. The Bertz CT molecular complexity index is 719. The molecule has 3 heteroatoms. The standard InChI is InChI=1S/C16H13IN2/c17-12-5-1-4-11(10-12)16(18)14-6-2-8-15-13(14)7-3-9-19-15/h1-10,16H,18H2. The number of benzene rings is 2. The van der Waals surface area contributed by atoms with Crippen LogP contribution in [-0.2, 0) is 0 Å². The maximum absolute atomic E-state index is 6.42. The Morgan fingerprint density at radius 1 is 1.00 bits per heavy atom. The van der Waals surface area contributed by atoms with Crippen molar-refractivity contribution in [2.75, 3.05) is 0 Å². The van der Waals surface area contributed by atoms with E-state index in [-0.39, 0.29) is 6.04 Å². The van der Waals surface area contributed by atoms with E-state index in [9.17, 15) is 0 Å². The summed E-state index contributed by atoms with van der Waals surface area (Å²) in [5.74, 6) is 0. The summed E-state index contributed by atoms with van der Waals surface area (Å²) < 4.78 is 1.20. The molecule has 1 unspecified atom stereocenters. The summed E-state index contributed by atoms with van der Waals surface area (Å²) in [4.78, 5) is 4.38. The molecular weight excluding hydrogens is 347 g/mol. The maximum atomic E-state index is 6.42. The molecule has 0 aliphatic heterocycles.